The number of hydrogen-bond acceptors (Lipinski definition) is 4. The molecule has 0 aromatic heterocycles. The molecule has 0 saturated carbocycles. The molecular formula is C26H36BrN3O4S. The third-order valence-electron chi connectivity index (χ3n) is 5.66. The molecule has 7 nitrogen and oxygen atoms in total. The summed E-state index contributed by atoms with van der Waals surface area (Å²) in [7, 11) is -3.75. The highest BCUT2D eigenvalue weighted by atomic mass is 79.9. The second-order valence-electron chi connectivity index (χ2n) is 9.09. The summed E-state index contributed by atoms with van der Waals surface area (Å²) in [6.45, 7) is 8.14. The van der Waals surface area contributed by atoms with E-state index in [1.54, 1.807) is 18.2 Å². The Morgan fingerprint density at radius 1 is 1.09 bits per heavy atom. The molecule has 1 N–H and O–H groups in total. The van der Waals surface area contributed by atoms with Gasteiger partial charge in [-0.05, 0) is 55.0 Å². The fourth-order valence-corrected chi connectivity index (χ4v) is 4.80. The fourth-order valence-electron chi connectivity index (χ4n) is 3.72. The molecular weight excluding hydrogens is 530 g/mol. The molecule has 2 rings (SSSR count). The maximum absolute atomic E-state index is 13.6. The van der Waals surface area contributed by atoms with Gasteiger partial charge in [-0.3, -0.25) is 13.9 Å². The van der Waals surface area contributed by atoms with E-state index in [9.17, 15) is 18.0 Å². The third kappa shape index (κ3) is 8.65. The highest BCUT2D eigenvalue weighted by molar-refractivity contribution is 9.10. The van der Waals surface area contributed by atoms with Gasteiger partial charge in [0.25, 0.3) is 0 Å². The van der Waals surface area contributed by atoms with Crippen LogP contribution in [-0.4, -0.2) is 57.1 Å². The maximum Gasteiger partial charge on any atom is 0.244 e. The van der Waals surface area contributed by atoms with Crippen LogP contribution in [0.2, 0.25) is 0 Å². The second kappa shape index (κ2) is 13.1. The van der Waals surface area contributed by atoms with Crippen LogP contribution >= 0.6 is 15.9 Å². The zero-order valence-electron chi connectivity index (χ0n) is 21.1. The second-order valence-corrected chi connectivity index (χ2v) is 11.9. The summed E-state index contributed by atoms with van der Waals surface area (Å²) in [5.74, 6) is -0.377. The molecule has 0 aliphatic carbocycles. The quantitative estimate of drug-likeness (QED) is 0.419. The van der Waals surface area contributed by atoms with Gasteiger partial charge >= 0.3 is 0 Å². The summed E-state index contributed by atoms with van der Waals surface area (Å²) in [4.78, 5) is 28.2. The topological polar surface area (TPSA) is 86.8 Å². The number of benzene rings is 2. The predicted octanol–water partition coefficient (Wildman–Crippen LogP) is 4.15. The minimum absolute atomic E-state index is 0.229. The van der Waals surface area contributed by atoms with Crippen molar-refractivity contribution in [3.63, 3.8) is 0 Å². The molecule has 2 aromatic rings. The summed E-state index contributed by atoms with van der Waals surface area (Å²) in [6, 6.07) is 14.2. The Balaban J connectivity index is 2.36. The molecule has 0 unspecified atom stereocenters. The molecule has 0 saturated heterocycles. The van der Waals surface area contributed by atoms with Crippen LogP contribution in [0, 0.1) is 12.8 Å². The van der Waals surface area contributed by atoms with Crippen molar-refractivity contribution >= 4 is 43.5 Å². The summed E-state index contributed by atoms with van der Waals surface area (Å²) in [6.07, 6.45) is 2.05. The van der Waals surface area contributed by atoms with Crippen LogP contribution in [0.15, 0.2) is 53.0 Å². The number of sulfonamides is 1. The average molecular weight is 567 g/mol. The van der Waals surface area contributed by atoms with E-state index < -0.39 is 22.0 Å². The summed E-state index contributed by atoms with van der Waals surface area (Å²) in [5.41, 5.74) is 2.29. The normalized spacial score (nSPS) is 12.3. The minimum Gasteiger partial charge on any atom is -0.354 e. The predicted molar refractivity (Wildman–Crippen MR) is 145 cm³/mol. The van der Waals surface area contributed by atoms with E-state index in [0.717, 1.165) is 26.2 Å². The van der Waals surface area contributed by atoms with Crippen LogP contribution in [0.1, 0.15) is 38.3 Å². The summed E-state index contributed by atoms with van der Waals surface area (Å²) in [5, 5.41) is 2.93. The molecule has 0 aliphatic heterocycles. The Hall–Kier alpha value is -2.39. The zero-order chi connectivity index (χ0) is 26.2. The Morgan fingerprint density at radius 3 is 2.29 bits per heavy atom. The Labute approximate surface area is 218 Å². The highest BCUT2D eigenvalue weighted by Gasteiger charge is 2.31. The van der Waals surface area contributed by atoms with E-state index in [1.165, 1.54) is 4.90 Å². The number of rotatable bonds is 12. The number of nitrogens with one attached hydrogen (secondary N) is 1. The van der Waals surface area contributed by atoms with E-state index in [4.69, 9.17) is 0 Å². The molecule has 0 radical (unpaired) electrons. The van der Waals surface area contributed by atoms with Crippen molar-refractivity contribution in [3.05, 3.63) is 64.1 Å². The van der Waals surface area contributed by atoms with Crippen LogP contribution in [-0.2, 0) is 26.0 Å². The van der Waals surface area contributed by atoms with Gasteiger partial charge in [-0.15, -0.1) is 0 Å². The molecule has 1 atom stereocenters. The van der Waals surface area contributed by atoms with Gasteiger partial charge < -0.3 is 10.2 Å². The Bertz CT molecular complexity index is 1110. The highest BCUT2D eigenvalue weighted by Crippen LogP contribution is 2.25. The van der Waals surface area contributed by atoms with Gasteiger partial charge in [-0.1, -0.05) is 67.0 Å². The van der Waals surface area contributed by atoms with Crippen molar-refractivity contribution in [2.24, 2.45) is 5.92 Å². The van der Waals surface area contributed by atoms with Crippen molar-refractivity contribution in [3.8, 4) is 0 Å². The molecule has 0 heterocycles. The number of nitrogens with zero attached hydrogens (tertiary/aromatic N) is 2. The van der Waals surface area contributed by atoms with Crippen molar-refractivity contribution in [2.45, 2.75) is 46.6 Å². The molecule has 0 aliphatic rings. The van der Waals surface area contributed by atoms with Gasteiger partial charge in [0, 0.05) is 17.6 Å². The fraction of sp³-hybridized carbons (Fsp3) is 0.462. The van der Waals surface area contributed by atoms with Gasteiger partial charge in [-0.2, -0.15) is 0 Å². The summed E-state index contributed by atoms with van der Waals surface area (Å²) < 4.78 is 27.3. The third-order valence-corrected chi connectivity index (χ3v) is 7.69. The molecule has 0 bridgehead atoms. The van der Waals surface area contributed by atoms with Gasteiger partial charge in [-0.25, -0.2) is 8.42 Å². The molecule has 9 heteroatoms. The van der Waals surface area contributed by atoms with Crippen LogP contribution < -0.4 is 9.62 Å². The molecule has 2 amide bonds. The molecule has 0 fully saturated rings. The number of aryl methyl sites for hydroxylation is 1. The van der Waals surface area contributed by atoms with Crippen LogP contribution in [0.3, 0.4) is 0 Å². The Morgan fingerprint density at radius 2 is 1.74 bits per heavy atom. The molecule has 2 aromatic carbocycles. The monoisotopic (exact) mass is 565 g/mol. The van der Waals surface area contributed by atoms with Crippen LogP contribution in [0.4, 0.5) is 5.69 Å². The first kappa shape index (κ1) is 28.8. The summed E-state index contributed by atoms with van der Waals surface area (Å²) >= 11 is 3.43. The lowest BCUT2D eigenvalue weighted by atomic mass is 10.1. The van der Waals surface area contributed by atoms with Gasteiger partial charge in [0.15, 0.2) is 0 Å². The number of carbonyl (C=O) groups is 2. The molecule has 192 valence electrons. The molecule has 35 heavy (non-hydrogen) atoms. The zero-order valence-corrected chi connectivity index (χ0v) is 23.5. The maximum atomic E-state index is 13.6. The first-order chi connectivity index (χ1) is 16.4. The number of amides is 2. The lowest BCUT2D eigenvalue weighted by Gasteiger charge is -2.33. The largest absolute Gasteiger partial charge is 0.354 e. The number of halogens is 1. The van der Waals surface area contributed by atoms with E-state index in [-0.39, 0.29) is 18.4 Å². The number of hydrogen-bond donors (Lipinski definition) is 1. The van der Waals surface area contributed by atoms with Crippen LogP contribution in [0.25, 0.3) is 0 Å². The number of anilines is 1. The smallest absolute Gasteiger partial charge is 0.244 e. The van der Waals surface area contributed by atoms with E-state index in [1.807, 2.05) is 58.0 Å². The van der Waals surface area contributed by atoms with Crippen molar-refractivity contribution in [1.82, 2.24) is 10.2 Å². The van der Waals surface area contributed by atoms with E-state index in [2.05, 4.69) is 21.2 Å². The SMILES string of the molecule is CC[C@@H](C(=O)NCC(C)C)N(CCc1ccccc1)C(=O)CN(c1ccc(Br)c(C)c1)S(C)(=O)=O. The van der Waals surface area contributed by atoms with E-state index in [0.29, 0.717) is 31.6 Å². The average Bonchev–Trinajstić information content (AvgIpc) is 2.80. The minimum atomic E-state index is -3.75. The first-order valence-corrected chi connectivity index (χ1v) is 14.4. The Kier molecular flexibility index (Phi) is 10.8. The molecule has 0 spiro atoms. The van der Waals surface area contributed by atoms with Crippen LogP contribution in [0.5, 0.6) is 0 Å². The lowest BCUT2D eigenvalue weighted by molar-refractivity contribution is -0.139. The van der Waals surface area contributed by atoms with E-state index >= 15 is 0 Å². The van der Waals surface area contributed by atoms with Gasteiger partial charge in [0.05, 0.1) is 11.9 Å². The standard InChI is InChI=1S/C26H36BrN3O4S/c1-6-24(26(32)28-17-19(2)3)29(15-14-21-10-8-7-9-11-21)25(31)18-30(35(5,33)34)22-12-13-23(27)20(4)16-22/h7-13,16,19,24H,6,14-15,17-18H2,1-5H3,(H,28,32)/t24-/m0/s1. The van der Waals surface area contributed by atoms with Gasteiger partial charge in [0.2, 0.25) is 21.8 Å². The lowest BCUT2D eigenvalue weighted by Crippen LogP contribution is -2.53. The van der Waals surface area contributed by atoms with Crippen molar-refractivity contribution in [2.75, 3.05) is 30.2 Å². The van der Waals surface area contributed by atoms with Gasteiger partial charge in [0.1, 0.15) is 12.6 Å². The van der Waals surface area contributed by atoms with Crippen molar-refractivity contribution < 1.29 is 18.0 Å². The first-order valence-electron chi connectivity index (χ1n) is 11.8. The van der Waals surface area contributed by atoms with Crippen molar-refractivity contribution in [1.29, 1.82) is 0 Å². The number of carbonyl (C=O) groups excluding carboxylic acids is 2.